The number of hydrogen-bond acceptors (Lipinski definition) is 2. The van der Waals surface area contributed by atoms with Crippen molar-refractivity contribution in [2.75, 3.05) is 0 Å². The smallest absolute Gasteiger partial charge is 0.275 e. The predicted octanol–water partition coefficient (Wildman–Crippen LogP) is 6.64. The first-order valence-electron chi connectivity index (χ1n) is 12.1. The van der Waals surface area contributed by atoms with Crippen LogP contribution in [0.3, 0.4) is 0 Å². The van der Waals surface area contributed by atoms with Gasteiger partial charge in [0.25, 0.3) is 7.44 Å². The molecule has 7 heteroatoms. The maximum atomic E-state index is 15.3. The van der Waals surface area contributed by atoms with E-state index in [1.54, 1.807) is 0 Å². The molecule has 1 unspecified atom stereocenters. The summed E-state index contributed by atoms with van der Waals surface area (Å²) in [6.45, 7) is 0. The molecule has 37 heavy (non-hydrogen) atoms. The third-order valence-electron chi connectivity index (χ3n) is 6.40. The van der Waals surface area contributed by atoms with Gasteiger partial charge < -0.3 is 0 Å². The van der Waals surface area contributed by atoms with Crippen molar-refractivity contribution in [1.29, 1.82) is 0 Å². The van der Waals surface area contributed by atoms with Gasteiger partial charge in [-0.25, -0.2) is 9.37 Å². The van der Waals surface area contributed by atoms with Crippen molar-refractivity contribution in [3.05, 3.63) is 152 Å². The fourth-order valence-corrected chi connectivity index (χ4v) is 18.6. The second-order valence-corrected chi connectivity index (χ2v) is 17.2. The summed E-state index contributed by atoms with van der Waals surface area (Å²) < 4.78 is 26.4. The van der Waals surface area contributed by atoms with E-state index >= 15 is 4.57 Å². The van der Waals surface area contributed by atoms with Gasteiger partial charge in [0.05, 0.1) is 0 Å². The maximum absolute atomic E-state index is 15.3. The van der Waals surface area contributed by atoms with Crippen LogP contribution in [-0.2, 0) is 4.57 Å². The minimum Gasteiger partial charge on any atom is -0.275 e. The van der Waals surface area contributed by atoms with Gasteiger partial charge in [-0.2, -0.15) is 4.52 Å². The highest BCUT2D eigenvalue weighted by Crippen LogP contribution is 2.72. The van der Waals surface area contributed by atoms with E-state index in [4.69, 9.17) is 9.03 Å². The zero-order valence-electron chi connectivity index (χ0n) is 20.1. The fourth-order valence-electron chi connectivity index (χ4n) is 4.65. The number of rotatable bonds is 5. The molecule has 182 valence electrons. The SMILES string of the molecule is O=P1(c2ccccc2)N=P(c2ccccc2)(c2ccccc2)N=P(c2ccccc2)(c2ccccc2)N1. The van der Waals surface area contributed by atoms with Crippen LogP contribution in [0.4, 0.5) is 0 Å². The zero-order valence-corrected chi connectivity index (χ0v) is 22.8. The summed E-state index contributed by atoms with van der Waals surface area (Å²) in [7, 11) is -9.12. The van der Waals surface area contributed by atoms with Gasteiger partial charge in [-0.1, -0.05) is 140 Å². The number of nitrogens with zero attached hydrogens (tertiary/aromatic N) is 2. The Morgan fingerprint density at radius 3 is 1.11 bits per heavy atom. The van der Waals surface area contributed by atoms with Crippen molar-refractivity contribution in [2.24, 2.45) is 9.03 Å². The third-order valence-corrected chi connectivity index (χ3v) is 17.9. The molecule has 0 saturated carbocycles. The van der Waals surface area contributed by atoms with Gasteiger partial charge in [0.2, 0.25) is 0 Å². The second kappa shape index (κ2) is 9.90. The van der Waals surface area contributed by atoms with Crippen molar-refractivity contribution in [3.8, 4) is 0 Å². The monoisotopic (exact) mass is 537 g/mol. The Labute approximate surface area is 218 Å². The minimum absolute atomic E-state index is 0.692. The summed E-state index contributed by atoms with van der Waals surface area (Å²) in [4.78, 5) is 3.65. The molecule has 6 rings (SSSR count). The van der Waals surface area contributed by atoms with Crippen molar-refractivity contribution < 1.29 is 4.57 Å². The van der Waals surface area contributed by atoms with E-state index in [2.05, 4.69) is 53.4 Å². The van der Waals surface area contributed by atoms with E-state index in [9.17, 15) is 0 Å². The molecule has 1 N–H and O–H groups in total. The number of nitrogens with one attached hydrogen (secondary N) is 1. The lowest BCUT2D eigenvalue weighted by Crippen LogP contribution is -2.32. The van der Waals surface area contributed by atoms with Crippen molar-refractivity contribution in [2.45, 2.75) is 0 Å². The van der Waals surface area contributed by atoms with Gasteiger partial charge in [0.1, 0.15) is 14.4 Å². The molecular weight excluding hydrogens is 511 g/mol. The molecule has 0 saturated heterocycles. The van der Waals surface area contributed by atoms with Gasteiger partial charge in [0, 0.05) is 26.5 Å². The van der Waals surface area contributed by atoms with Crippen molar-refractivity contribution in [3.63, 3.8) is 0 Å². The molecule has 0 fully saturated rings. The van der Waals surface area contributed by atoms with Gasteiger partial charge in [-0.3, -0.25) is 4.57 Å². The molecule has 0 aromatic heterocycles. The van der Waals surface area contributed by atoms with Crippen LogP contribution < -0.4 is 31.4 Å². The fraction of sp³-hybridized carbons (Fsp3) is 0. The largest absolute Gasteiger partial charge is 0.290 e. The van der Waals surface area contributed by atoms with E-state index in [0.717, 1.165) is 21.2 Å². The number of benzene rings is 5. The van der Waals surface area contributed by atoms with E-state index in [1.807, 2.05) is 103 Å². The standard InChI is InChI=1S/C30H26N3OP3/c34-37(30-24-14-5-15-25-30)32-35(26-16-6-1-7-17-26,27-18-8-2-9-19-27)31-36(33-37,28-20-10-3-11-21-28)29-22-12-4-13-23-29/h1-25H,(H,32,34). The summed E-state index contributed by atoms with van der Waals surface area (Å²) in [6, 6.07) is 50.6. The molecule has 1 aliphatic rings. The average molecular weight is 537 g/mol. The Balaban J connectivity index is 1.83. The van der Waals surface area contributed by atoms with Gasteiger partial charge in [0.15, 0.2) is 0 Å². The van der Waals surface area contributed by atoms with Crippen molar-refractivity contribution >= 4 is 48.4 Å². The topological polar surface area (TPSA) is 53.8 Å². The van der Waals surface area contributed by atoms with Crippen molar-refractivity contribution in [1.82, 2.24) is 4.86 Å². The zero-order chi connectivity index (χ0) is 25.2. The Hall–Kier alpha value is -3.25. The van der Waals surface area contributed by atoms with Crippen LogP contribution in [-0.4, -0.2) is 0 Å². The molecule has 0 bridgehead atoms. The van der Waals surface area contributed by atoms with Crippen LogP contribution in [0.15, 0.2) is 161 Å². The summed E-state index contributed by atoms with van der Waals surface area (Å²) in [5.41, 5.74) is 0. The van der Waals surface area contributed by atoms with E-state index in [0.29, 0.717) is 5.30 Å². The number of hydrogen-bond donors (Lipinski definition) is 1. The Morgan fingerprint density at radius 2 is 0.730 bits per heavy atom. The molecule has 1 heterocycles. The normalized spacial score (nSPS) is 19.8. The molecule has 0 amide bonds. The molecule has 1 aliphatic heterocycles. The minimum atomic E-state index is -3.49. The second-order valence-electron chi connectivity index (χ2n) is 8.77. The first-order chi connectivity index (χ1) is 18.1. The molecule has 0 aliphatic carbocycles. The molecule has 5 aromatic carbocycles. The van der Waals surface area contributed by atoms with Gasteiger partial charge in [-0.15, -0.1) is 0 Å². The lowest BCUT2D eigenvalue weighted by Gasteiger charge is -2.39. The molecule has 0 spiro atoms. The molecule has 0 radical (unpaired) electrons. The Morgan fingerprint density at radius 1 is 0.405 bits per heavy atom. The van der Waals surface area contributed by atoms with Crippen LogP contribution in [0.1, 0.15) is 0 Å². The van der Waals surface area contributed by atoms with Crippen LogP contribution in [0.25, 0.3) is 0 Å². The van der Waals surface area contributed by atoms with E-state index in [-0.39, 0.29) is 0 Å². The van der Waals surface area contributed by atoms with Crippen LogP contribution >= 0.6 is 21.9 Å². The summed E-state index contributed by atoms with van der Waals surface area (Å²) >= 11 is 0. The molecule has 1 atom stereocenters. The van der Waals surface area contributed by atoms with E-state index < -0.39 is 21.9 Å². The Kier molecular flexibility index (Phi) is 6.45. The third kappa shape index (κ3) is 4.31. The molecule has 4 nitrogen and oxygen atoms in total. The first kappa shape index (κ1) is 24.1. The van der Waals surface area contributed by atoms with Crippen LogP contribution in [0.5, 0.6) is 0 Å². The average Bonchev–Trinajstić information content (AvgIpc) is 2.99. The first-order valence-corrected chi connectivity index (χ1v) is 17.2. The summed E-state index contributed by atoms with van der Waals surface area (Å²) in [6.07, 6.45) is 0. The Bertz CT molecular complexity index is 1590. The highest BCUT2D eigenvalue weighted by molar-refractivity contribution is 7.99. The maximum Gasteiger partial charge on any atom is 0.290 e. The lowest BCUT2D eigenvalue weighted by atomic mass is 10.4. The highest BCUT2D eigenvalue weighted by atomic mass is 31.3. The van der Waals surface area contributed by atoms with Gasteiger partial charge in [-0.05, 0) is 12.1 Å². The summed E-state index contributed by atoms with van der Waals surface area (Å²) in [5.74, 6) is 0. The quantitative estimate of drug-likeness (QED) is 0.256. The molecule has 5 aromatic rings. The lowest BCUT2D eigenvalue weighted by molar-refractivity contribution is 0.581. The van der Waals surface area contributed by atoms with E-state index in [1.165, 1.54) is 0 Å². The predicted molar refractivity (Wildman–Crippen MR) is 160 cm³/mol. The van der Waals surface area contributed by atoms with Gasteiger partial charge >= 0.3 is 0 Å². The van der Waals surface area contributed by atoms with Crippen LogP contribution in [0.2, 0.25) is 0 Å². The highest BCUT2D eigenvalue weighted by Gasteiger charge is 2.44. The molecular formula is C30H26N3OP3. The van der Waals surface area contributed by atoms with Crippen LogP contribution in [0, 0.1) is 0 Å². The summed E-state index contributed by atoms with van der Waals surface area (Å²) in [5, 5.41) is 4.74.